The Kier molecular flexibility index (Phi) is 9.87. The van der Waals surface area contributed by atoms with Gasteiger partial charge in [0, 0.05) is 24.6 Å². The summed E-state index contributed by atoms with van der Waals surface area (Å²) < 4.78 is 5.66. The first-order chi connectivity index (χ1) is 20.3. The number of carbonyl (C=O) groups is 3. The van der Waals surface area contributed by atoms with Gasteiger partial charge in [0.2, 0.25) is 5.91 Å². The van der Waals surface area contributed by atoms with Crippen molar-refractivity contribution in [3.63, 3.8) is 0 Å². The molecule has 1 aromatic carbocycles. The first-order valence-electron chi connectivity index (χ1n) is 13.5. The maximum Gasteiger partial charge on any atom is 0.369 e. The van der Waals surface area contributed by atoms with E-state index in [1.54, 1.807) is 18.2 Å². The average Bonchev–Trinajstić information content (AvgIpc) is 3.67. The number of thiazole rings is 1. The molecule has 1 saturated carbocycles. The predicted octanol–water partition coefficient (Wildman–Crippen LogP) is -0.744. The second-order valence-corrected chi connectivity index (χ2v) is 11.4. The number of anilines is 1. The van der Waals surface area contributed by atoms with Gasteiger partial charge in [0.25, 0.3) is 11.8 Å². The van der Waals surface area contributed by atoms with Crippen molar-refractivity contribution in [3.8, 4) is 16.3 Å². The number of piperidine rings is 1. The van der Waals surface area contributed by atoms with Crippen molar-refractivity contribution in [2.75, 3.05) is 32.6 Å². The lowest BCUT2D eigenvalue weighted by Gasteiger charge is -2.29. The number of methoxy groups -OCH3 is 1. The SMILES string of the molecule is COc1c(NC(/C=C(\N)NC(=O)C2CC2)=C(/N)C(=O)NC(O)(O)O)cccc1-c1ncc(C(=O)NC2CCCN(C)C2)s1. The molecule has 11 N–H and O–H groups in total. The summed E-state index contributed by atoms with van der Waals surface area (Å²) in [5, 5.41) is 38.1. The summed E-state index contributed by atoms with van der Waals surface area (Å²) in [4.78, 5) is 44.7. The summed E-state index contributed by atoms with van der Waals surface area (Å²) in [6, 6.07) is 5.07. The molecule has 2 fully saturated rings. The summed E-state index contributed by atoms with van der Waals surface area (Å²) in [5.41, 5.74) is 12.0. The number of ether oxygens (including phenoxy) is 1. The number of amides is 3. The zero-order valence-electron chi connectivity index (χ0n) is 23.7. The zero-order valence-corrected chi connectivity index (χ0v) is 24.5. The number of aliphatic hydroxyl groups is 3. The Morgan fingerprint density at radius 2 is 1.93 bits per heavy atom. The fraction of sp³-hybridized carbons (Fsp3) is 0.407. The molecule has 0 spiro atoms. The van der Waals surface area contributed by atoms with Crippen LogP contribution in [0.25, 0.3) is 10.6 Å². The van der Waals surface area contributed by atoms with E-state index in [-0.39, 0.29) is 46.7 Å². The van der Waals surface area contributed by atoms with E-state index in [0.29, 0.717) is 15.4 Å². The van der Waals surface area contributed by atoms with Gasteiger partial charge in [-0.05, 0) is 51.4 Å². The molecule has 2 aromatic rings. The summed E-state index contributed by atoms with van der Waals surface area (Å²) in [6.07, 6.45) is 2.50. The van der Waals surface area contributed by atoms with Gasteiger partial charge in [0.1, 0.15) is 21.4 Å². The molecule has 1 aliphatic carbocycles. The van der Waals surface area contributed by atoms with Crippen molar-refractivity contribution < 1.29 is 34.4 Å². The number of nitrogens with zero attached hydrogens (tertiary/aromatic N) is 2. The van der Waals surface area contributed by atoms with Crippen LogP contribution in [0.5, 0.6) is 5.75 Å². The Balaban J connectivity index is 1.61. The van der Waals surface area contributed by atoms with Gasteiger partial charge >= 0.3 is 6.10 Å². The molecule has 1 saturated heterocycles. The topological polar surface area (TPSA) is 237 Å². The third-order valence-corrected chi connectivity index (χ3v) is 7.77. The third kappa shape index (κ3) is 8.65. The Labute approximate surface area is 251 Å². The van der Waals surface area contributed by atoms with E-state index in [4.69, 9.17) is 16.2 Å². The van der Waals surface area contributed by atoms with Crippen LogP contribution in [-0.4, -0.2) is 82.3 Å². The predicted molar refractivity (Wildman–Crippen MR) is 158 cm³/mol. The highest BCUT2D eigenvalue weighted by atomic mass is 32.1. The molecule has 1 unspecified atom stereocenters. The van der Waals surface area contributed by atoms with Crippen LogP contribution in [0, 0.1) is 5.92 Å². The van der Waals surface area contributed by atoms with Crippen molar-refractivity contribution >= 4 is 34.7 Å². The monoisotopic (exact) mass is 616 g/mol. The second kappa shape index (κ2) is 13.4. The number of likely N-dealkylation sites (tertiary alicyclic amines) is 1. The number of carbonyl (C=O) groups excluding carboxylic acids is 3. The first kappa shape index (κ1) is 31.7. The lowest BCUT2D eigenvalue weighted by Crippen LogP contribution is -2.50. The molecule has 1 aromatic heterocycles. The van der Waals surface area contributed by atoms with Crippen LogP contribution >= 0.6 is 11.3 Å². The third-order valence-electron chi connectivity index (χ3n) is 6.74. The van der Waals surface area contributed by atoms with E-state index >= 15 is 0 Å². The number of benzene rings is 1. The second-order valence-electron chi connectivity index (χ2n) is 10.4. The Hall–Kier alpha value is -4.22. The van der Waals surface area contributed by atoms with Gasteiger partial charge in [-0.1, -0.05) is 6.07 Å². The van der Waals surface area contributed by atoms with Crippen molar-refractivity contribution in [2.24, 2.45) is 17.4 Å². The van der Waals surface area contributed by atoms with Crippen LogP contribution in [0.1, 0.15) is 35.4 Å². The van der Waals surface area contributed by atoms with Crippen LogP contribution in [0.15, 0.2) is 47.7 Å². The van der Waals surface area contributed by atoms with E-state index in [0.717, 1.165) is 38.8 Å². The highest BCUT2D eigenvalue weighted by molar-refractivity contribution is 7.17. The number of nitrogens with two attached hydrogens (primary N) is 2. The van der Waals surface area contributed by atoms with Gasteiger partial charge in [-0.15, -0.1) is 11.3 Å². The molecule has 0 bridgehead atoms. The van der Waals surface area contributed by atoms with Crippen LogP contribution in [0.3, 0.4) is 0 Å². The van der Waals surface area contributed by atoms with Crippen molar-refractivity contribution in [1.82, 2.24) is 25.8 Å². The van der Waals surface area contributed by atoms with Gasteiger partial charge in [0.15, 0.2) is 5.75 Å². The minimum Gasteiger partial charge on any atom is -0.494 e. The summed E-state index contributed by atoms with van der Waals surface area (Å²) >= 11 is 1.18. The molecule has 0 radical (unpaired) electrons. The standard InChI is InChI=1S/C27H36N8O7S/c1-35-10-4-5-15(13-35)31-24(37)19-12-30-26(43-19)16-6-3-7-17(22(16)42-2)32-18(21(29)25(38)34-27(39,40)41)11-20(28)33-23(36)14-8-9-14/h3,6-7,11-12,14-15,32,39-41H,4-5,8-10,13,28-29H2,1-2H3,(H,31,37)(H,33,36)(H,34,38)/b20-11+,21-18+. The molecule has 2 aliphatic rings. The molecular weight excluding hydrogens is 580 g/mol. The van der Waals surface area contributed by atoms with Crippen LogP contribution in [0.2, 0.25) is 0 Å². The van der Waals surface area contributed by atoms with E-state index in [2.05, 4.69) is 25.8 Å². The fourth-order valence-corrected chi connectivity index (χ4v) is 5.36. The molecule has 16 heteroatoms. The van der Waals surface area contributed by atoms with E-state index in [1.807, 2.05) is 7.05 Å². The number of hydrogen-bond acceptors (Lipinski definition) is 13. The molecule has 2 heterocycles. The Morgan fingerprint density at radius 3 is 2.58 bits per heavy atom. The molecule has 4 rings (SSSR count). The fourth-order valence-electron chi connectivity index (χ4n) is 4.52. The Morgan fingerprint density at radius 1 is 1.19 bits per heavy atom. The number of allylic oxidation sites excluding steroid dienone is 1. The average molecular weight is 617 g/mol. The van der Waals surface area contributed by atoms with Gasteiger partial charge in [-0.2, -0.15) is 0 Å². The maximum atomic E-state index is 12.9. The number of aromatic nitrogens is 1. The summed E-state index contributed by atoms with van der Waals surface area (Å²) in [5.74, 6) is -1.80. The van der Waals surface area contributed by atoms with E-state index in [1.165, 1.54) is 36.0 Å². The minimum atomic E-state index is -3.54. The number of para-hydroxylation sites is 1. The first-order valence-corrected chi connectivity index (χ1v) is 14.3. The Bertz CT molecular complexity index is 1430. The molecule has 232 valence electrons. The van der Waals surface area contributed by atoms with Crippen LogP contribution in [-0.2, 0) is 9.59 Å². The van der Waals surface area contributed by atoms with Crippen LogP contribution in [0.4, 0.5) is 5.69 Å². The number of hydrogen-bond donors (Lipinski definition) is 9. The zero-order chi connectivity index (χ0) is 31.3. The quantitative estimate of drug-likeness (QED) is 0.0862. The highest BCUT2D eigenvalue weighted by Gasteiger charge is 2.30. The normalized spacial score (nSPS) is 18.3. The van der Waals surface area contributed by atoms with Gasteiger partial charge in [-0.3, -0.25) is 19.7 Å². The lowest BCUT2D eigenvalue weighted by molar-refractivity contribution is -0.325. The van der Waals surface area contributed by atoms with E-state index < -0.39 is 17.7 Å². The molecular formula is C27H36N8O7S. The number of likely N-dealkylation sites (N-methyl/N-ethyl adjacent to an activating group) is 1. The van der Waals surface area contributed by atoms with Gasteiger partial charge in [-0.25, -0.2) is 4.98 Å². The summed E-state index contributed by atoms with van der Waals surface area (Å²) in [7, 11) is 3.44. The van der Waals surface area contributed by atoms with Gasteiger partial charge < -0.3 is 52.4 Å². The maximum absolute atomic E-state index is 12.9. The highest BCUT2D eigenvalue weighted by Crippen LogP contribution is 2.39. The number of nitrogens with one attached hydrogen (secondary N) is 4. The molecule has 15 nitrogen and oxygen atoms in total. The largest absolute Gasteiger partial charge is 0.494 e. The van der Waals surface area contributed by atoms with E-state index in [9.17, 15) is 29.7 Å². The molecule has 1 atom stereocenters. The molecule has 43 heavy (non-hydrogen) atoms. The van der Waals surface area contributed by atoms with Crippen molar-refractivity contribution in [1.29, 1.82) is 0 Å². The molecule has 1 aliphatic heterocycles. The summed E-state index contributed by atoms with van der Waals surface area (Å²) in [6.45, 7) is 1.77. The number of rotatable bonds is 11. The lowest BCUT2D eigenvalue weighted by atomic mass is 10.1. The molecule has 3 amide bonds. The van der Waals surface area contributed by atoms with Crippen molar-refractivity contribution in [2.45, 2.75) is 37.8 Å². The van der Waals surface area contributed by atoms with Crippen molar-refractivity contribution in [3.05, 3.63) is 52.6 Å². The minimum absolute atomic E-state index is 0.0499. The van der Waals surface area contributed by atoms with Crippen LogP contribution < -0.4 is 37.5 Å². The smallest absolute Gasteiger partial charge is 0.369 e. The van der Waals surface area contributed by atoms with Gasteiger partial charge in [0.05, 0.1) is 30.3 Å².